The molecule has 2 rings (SSSR count). The Morgan fingerprint density at radius 2 is 1.56 bits per heavy atom. The molecule has 0 N–H and O–H groups in total. The van der Waals surface area contributed by atoms with Gasteiger partial charge in [0.15, 0.2) is 0 Å². The van der Waals surface area contributed by atoms with Gasteiger partial charge in [0, 0.05) is 18.0 Å². The van der Waals surface area contributed by atoms with E-state index in [0.717, 1.165) is 17.0 Å². The standard InChI is InChI=1S/C14H16N2/c1-10(2)13-14(16-9-8-15-13)12-6-4-11(3)5-7-12/h4-10H,1-3H3. The van der Waals surface area contributed by atoms with E-state index >= 15 is 0 Å². The number of benzene rings is 1. The van der Waals surface area contributed by atoms with Crippen LogP contribution in [0.1, 0.15) is 31.0 Å². The number of hydrogen-bond acceptors (Lipinski definition) is 2. The van der Waals surface area contributed by atoms with Crippen LogP contribution in [-0.2, 0) is 0 Å². The fraction of sp³-hybridized carbons (Fsp3) is 0.286. The van der Waals surface area contributed by atoms with E-state index in [2.05, 4.69) is 55.0 Å². The zero-order chi connectivity index (χ0) is 11.5. The molecule has 0 radical (unpaired) electrons. The second kappa shape index (κ2) is 4.44. The van der Waals surface area contributed by atoms with Crippen LogP contribution in [0.25, 0.3) is 11.3 Å². The SMILES string of the molecule is Cc1ccc(-c2nccnc2C(C)C)cc1. The first-order valence-electron chi connectivity index (χ1n) is 5.56. The van der Waals surface area contributed by atoms with Crippen molar-refractivity contribution >= 4 is 0 Å². The molecule has 0 amide bonds. The van der Waals surface area contributed by atoms with Crippen LogP contribution >= 0.6 is 0 Å². The molecule has 0 aliphatic rings. The molecule has 16 heavy (non-hydrogen) atoms. The van der Waals surface area contributed by atoms with Crippen LogP contribution in [0.5, 0.6) is 0 Å². The van der Waals surface area contributed by atoms with Gasteiger partial charge >= 0.3 is 0 Å². The molecule has 2 heteroatoms. The first kappa shape index (κ1) is 10.8. The van der Waals surface area contributed by atoms with E-state index in [-0.39, 0.29) is 0 Å². The minimum Gasteiger partial charge on any atom is -0.257 e. The van der Waals surface area contributed by atoms with Crippen LogP contribution in [-0.4, -0.2) is 9.97 Å². The van der Waals surface area contributed by atoms with Crippen molar-refractivity contribution in [2.75, 3.05) is 0 Å². The quantitative estimate of drug-likeness (QED) is 0.760. The third-order valence-corrected chi connectivity index (χ3v) is 2.60. The molecular formula is C14H16N2. The van der Waals surface area contributed by atoms with Gasteiger partial charge in [-0.1, -0.05) is 43.7 Å². The summed E-state index contributed by atoms with van der Waals surface area (Å²) in [6.45, 7) is 6.37. The summed E-state index contributed by atoms with van der Waals surface area (Å²) in [5.74, 6) is 0.394. The van der Waals surface area contributed by atoms with Crippen LogP contribution in [0.15, 0.2) is 36.7 Å². The summed E-state index contributed by atoms with van der Waals surface area (Å²) < 4.78 is 0. The Hall–Kier alpha value is -1.70. The number of hydrogen-bond donors (Lipinski definition) is 0. The van der Waals surface area contributed by atoms with Gasteiger partial charge < -0.3 is 0 Å². The minimum atomic E-state index is 0.394. The van der Waals surface area contributed by atoms with E-state index in [1.807, 2.05) is 0 Å². The second-order valence-electron chi connectivity index (χ2n) is 4.31. The van der Waals surface area contributed by atoms with Crippen LogP contribution in [0.4, 0.5) is 0 Å². The highest BCUT2D eigenvalue weighted by atomic mass is 14.8. The third-order valence-electron chi connectivity index (χ3n) is 2.60. The smallest absolute Gasteiger partial charge is 0.0919 e. The number of aryl methyl sites for hydroxylation is 1. The summed E-state index contributed by atoms with van der Waals surface area (Å²) in [5, 5.41) is 0. The maximum atomic E-state index is 4.44. The normalized spacial score (nSPS) is 10.8. The molecule has 0 aliphatic carbocycles. The molecule has 2 nitrogen and oxygen atoms in total. The van der Waals surface area contributed by atoms with E-state index in [0.29, 0.717) is 5.92 Å². The average Bonchev–Trinajstić information content (AvgIpc) is 2.30. The molecule has 0 aliphatic heterocycles. The number of rotatable bonds is 2. The summed E-state index contributed by atoms with van der Waals surface area (Å²) >= 11 is 0. The predicted octanol–water partition coefficient (Wildman–Crippen LogP) is 3.58. The minimum absolute atomic E-state index is 0.394. The van der Waals surface area contributed by atoms with Crippen molar-refractivity contribution in [1.29, 1.82) is 0 Å². The van der Waals surface area contributed by atoms with Crippen LogP contribution < -0.4 is 0 Å². The lowest BCUT2D eigenvalue weighted by Gasteiger charge is -2.10. The van der Waals surface area contributed by atoms with E-state index in [9.17, 15) is 0 Å². The highest BCUT2D eigenvalue weighted by molar-refractivity contribution is 5.62. The van der Waals surface area contributed by atoms with Gasteiger partial charge in [-0.3, -0.25) is 9.97 Å². The number of aromatic nitrogens is 2. The Balaban J connectivity index is 2.51. The predicted molar refractivity (Wildman–Crippen MR) is 66.3 cm³/mol. The Morgan fingerprint density at radius 1 is 0.938 bits per heavy atom. The van der Waals surface area contributed by atoms with Crippen LogP contribution in [0.3, 0.4) is 0 Å². The lowest BCUT2D eigenvalue weighted by atomic mass is 10.0. The first-order valence-corrected chi connectivity index (χ1v) is 5.56. The van der Waals surface area contributed by atoms with Gasteiger partial charge in [0.2, 0.25) is 0 Å². The molecule has 0 saturated carbocycles. The van der Waals surface area contributed by atoms with Crippen molar-refractivity contribution in [3.8, 4) is 11.3 Å². The van der Waals surface area contributed by atoms with Crippen LogP contribution in [0, 0.1) is 6.92 Å². The van der Waals surface area contributed by atoms with E-state index < -0.39 is 0 Å². The van der Waals surface area contributed by atoms with Crippen molar-refractivity contribution in [2.24, 2.45) is 0 Å². The zero-order valence-corrected chi connectivity index (χ0v) is 9.94. The Bertz CT molecular complexity index is 472. The lowest BCUT2D eigenvalue weighted by molar-refractivity contribution is 0.816. The highest BCUT2D eigenvalue weighted by Gasteiger charge is 2.10. The van der Waals surface area contributed by atoms with E-state index in [1.165, 1.54) is 5.56 Å². The van der Waals surface area contributed by atoms with Crippen molar-refractivity contribution in [3.63, 3.8) is 0 Å². The Kier molecular flexibility index (Phi) is 3.00. The van der Waals surface area contributed by atoms with E-state index in [4.69, 9.17) is 0 Å². The maximum Gasteiger partial charge on any atom is 0.0919 e. The van der Waals surface area contributed by atoms with Gasteiger partial charge in [-0.15, -0.1) is 0 Å². The first-order chi connectivity index (χ1) is 7.68. The summed E-state index contributed by atoms with van der Waals surface area (Å²) in [7, 11) is 0. The lowest BCUT2D eigenvalue weighted by Crippen LogP contribution is -1.98. The Morgan fingerprint density at radius 3 is 2.19 bits per heavy atom. The van der Waals surface area contributed by atoms with Gasteiger partial charge in [0.05, 0.1) is 11.4 Å². The zero-order valence-electron chi connectivity index (χ0n) is 9.94. The van der Waals surface area contributed by atoms with Gasteiger partial charge in [0.25, 0.3) is 0 Å². The van der Waals surface area contributed by atoms with Crippen molar-refractivity contribution in [1.82, 2.24) is 9.97 Å². The molecule has 0 fully saturated rings. The molecule has 0 saturated heterocycles. The van der Waals surface area contributed by atoms with Gasteiger partial charge in [-0.05, 0) is 12.8 Å². The largest absolute Gasteiger partial charge is 0.257 e. The average molecular weight is 212 g/mol. The molecule has 1 heterocycles. The highest BCUT2D eigenvalue weighted by Crippen LogP contribution is 2.25. The molecular weight excluding hydrogens is 196 g/mol. The second-order valence-corrected chi connectivity index (χ2v) is 4.31. The summed E-state index contributed by atoms with van der Waals surface area (Å²) in [6, 6.07) is 8.42. The summed E-state index contributed by atoms with van der Waals surface area (Å²) in [5.41, 5.74) is 4.46. The topological polar surface area (TPSA) is 25.8 Å². The molecule has 0 bridgehead atoms. The van der Waals surface area contributed by atoms with Crippen LogP contribution in [0.2, 0.25) is 0 Å². The maximum absolute atomic E-state index is 4.44. The summed E-state index contributed by atoms with van der Waals surface area (Å²) in [6.07, 6.45) is 3.51. The molecule has 0 spiro atoms. The fourth-order valence-corrected chi connectivity index (χ4v) is 1.71. The van der Waals surface area contributed by atoms with Crippen molar-refractivity contribution in [2.45, 2.75) is 26.7 Å². The molecule has 1 aromatic heterocycles. The third kappa shape index (κ3) is 2.11. The number of nitrogens with zero attached hydrogens (tertiary/aromatic N) is 2. The molecule has 2 aromatic rings. The van der Waals surface area contributed by atoms with Crippen molar-refractivity contribution < 1.29 is 0 Å². The monoisotopic (exact) mass is 212 g/mol. The van der Waals surface area contributed by atoms with E-state index in [1.54, 1.807) is 12.4 Å². The van der Waals surface area contributed by atoms with Gasteiger partial charge in [-0.2, -0.15) is 0 Å². The fourth-order valence-electron chi connectivity index (χ4n) is 1.71. The molecule has 1 aromatic carbocycles. The van der Waals surface area contributed by atoms with Crippen molar-refractivity contribution in [3.05, 3.63) is 47.9 Å². The molecule has 0 unspecified atom stereocenters. The van der Waals surface area contributed by atoms with Gasteiger partial charge in [0.1, 0.15) is 0 Å². The molecule has 82 valence electrons. The van der Waals surface area contributed by atoms with Gasteiger partial charge in [-0.25, -0.2) is 0 Å². The summed E-state index contributed by atoms with van der Waals surface area (Å²) in [4.78, 5) is 8.85. The Labute approximate surface area is 96.4 Å². The molecule has 0 atom stereocenters.